The minimum absolute atomic E-state index is 0.0729. The van der Waals surface area contributed by atoms with Crippen molar-refractivity contribution >= 4 is 17.6 Å². The Kier molecular flexibility index (Phi) is 7.55. The zero-order valence-electron chi connectivity index (χ0n) is 11.9. The first-order valence-electron chi connectivity index (χ1n) is 6.34. The number of amidine groups is 1. The van der Waals surface area contributed by atoms with Crippen molar-refractivity contribution in [1.29, 1.82) is 0 Å². The molecule has 0 saturated carbocycles. The number of nitrogens with zero attached hydrogens (tertiary/aromatic N) is 1. The van der Waals surface area contributed by atoms with Gasteiger partial charge in [-0.3, -0.25) is 9.59 Å². The first-order chi connectivity index (χ1) is 8.79. The van der Waals surface area contributed by atoms with Gasteiger partial charge in [-0.2, -0.15) is 0 Å². The first-order valence-corrected chi connectivity index (χ1v) is 6.34. The third-order valence-corrected chi connectivity index (χ3v) is 2.48. The summed E-state index contributed by atoms with van der Waals surface area (Å²) in [5.74, 6) is -1.39. The number of rotatable bonds is 7. The van der Waals surface area contributed by atoms with E-state index in [2.05, 4.69) is 15.8 Å². The van der Waals surface area contributed by atoms with Gasteiger partial charge in [-0.05, 0) is 19.8 Å². The van der Waals surface area contributed by atoms with Crippen LogP contribution in [0, 0.1) is 11.8 Å². The van der Waals surface area contributed by atoms with Gasteiger partial charge >= 0.3 is 0 Å². The Morgan fingerprint density at radius 1 is 1.26 bits per heavy atom. The molecule has 0 aliphatic carbocycles. The number of hydrogen-bond donors (Lipinski definition) is 4. The number of amides is 2. The average Bonchev–Trinajstić information content (AvgIpc) is 2.27. The number of nitrogens with one attached hydrogen (secondary N) is 2. The number of hydrogen-bond acceptors (Lipinski definition) is 4. The predicted octanol–water partition coefficient (Wildman–Crippen LogP) is 0.0359. The molecule has 1 unspecified atom stereocenters. The van der Waals surface area contributed by atoms with Gasteiger partial charge in [0.25, 0.3) is 0 Å². The van der Waals surface area contributed by atoms with Crippen LogP contribution in [0.3, 0.4) is 0 Å². The Bertz CT molecular complexity index is 340. The van der Waals surface area contributed by atoms with Gasteiger partial charge in [0.1, 0.15) is 5.92 Å². The zero-order chi connectivity index (χ0) is 15.0. The van der Waals surface area contributed by atoms with Gasteiger partial charge < -0.3 is 21.6 Å². The van der Waals surface area contributed by atoms with Gasteiger partial charge in [-0.1, -0.05) is 19.0 Å². The molecule has 0 bridgehead atoms. The van der Waals surface area contributed by atoms with Crippen molar-refractivity contribution in [2.24, 2.45) is 22.7 Å². The Hall–Kier alpha value is -1.79. The van der Waals surface area contributed by atoms with Crippen molar-refractivity contribution in [2.75, 3.05) is 6.54 Å². The summed E-state index contributed by atoms with van der Waals surface area (Å²) in [4.78, 5) is 23.3. The second kappa shape index (κ2) is 8.34. The van der Waals surface area contributed by atoms with Crippen molar-refractivity contribution in [3.63, 3.8) is 0 Å². The molecular formula is C12H24N4O3. The molecule has 0 aliphatic rings. The Morgan fingerprint density at radius 2 is 1.84 bits per heavy atom. The molecule has 2 amide bonds. The fourth-order valence-corrected chi connectivity index (χ4v) is 1.64. The van der Waals surface area contributed by atoms with Crippen LogP contribution in [0.2, 0.25) is 0 Å². The number of carbonyl (C=O) groups is 2. The summed E-state index contributed by atoms with van der Waals surface area (Å²) in [6.45, 7) is 7.55. The summed E-state index contributed by atoms with van der Waals surface area (Å²) in [5, 5.41) is 16.8. The lowest BCUT2D eigenvalue weighted by molar-refractivity contribution is -0.124. The molecule has 0 aromatic heterocycles. The lowest BCUT2D eigenvalue weighted by Crippen LogP contribution is -2.43. The van der Waals surface area contributed by atoms with Crippen LogP contribution in [0.4, 0.5) is 0 Å². The van der Waals surface area contributed by atoms with Crippen LogP contribution < -0.4 is 16.4 Å². The number of carbonyl (C=O) groups excluding carboxylic acids is 2. The smallest absolute Gasteiger partial charge is 0.231 e. The molecule has 0 rings (SSSR count). The molecule has 0 fully saturated rings. The van der Waals surface area contributed by atoms with E-state index in [0.29, 0.717) is 0 Å². The van der Waals surface area contributed by atoms with Crippen LogP contribution in [-0.2, 0) is 9.59 Å². The molecule has 1 atom stereocenters. The predicted molar refractivity (Wildman–Crippen MR) is 72.6 cm³/mol. The molecule has 7 heteroatoms. The van der Waals surface area contributed by atoms with Gasteiger partial charge in [-0.25, -0.2) is 0 Å². The maximum atomic E-state index is 11.9. The second-order valence-electron chi connectivity index (χ2n) is 5.01. The topological polar surface area (TPSA) is 117 Å². The third-order valence-electron chi connectivity index (χ3n) is 2.48. The van der Waals surface area contributed by atoms with E-state index in [1.54, 1.807) is 13.8 Å². The molecule has 0 aliphatic heterocycles. The minimum Gasteiger partial charge on any atom is -0.409 e. The molecule has 7 nitrogen and oxygen atoms in total. The molecule has 19 heavy (non-hydrogen) atoms. The number of oxime groups is 1. The quantitative estimate of drug-likeness (QED) is 0.226. The van der Waals surface area contributed by atoms with Crippen LogP contribution in [-0.4, -0.2) is 35.4 Å². The van der Waals surface area contributed by atoms with Crippen LogP contribution in [0.25, 0.3) is 0 Å². The highest BCUT2D eigenvalue weighted by molar-refractivity contribution is 6.02. The fourth-order valence-electron chi connectivity index (χ4n) is 1.64. The lowest BCUT2D eigenvalue weighted by Gasteiger charge is -2.18. The molecule has 0 saturated heterocycles. The van der Waals surface area contributed by atoms with Crippen LogP contribution in [0.5, 0.6) is 0 Å². The monoisotopic (exact) mass is 272 g/mol. The van der Waals surface area contributed by atoms with Crippen LogP contribution in [0.15, 0.2) is 5.16 Å². The van der Waals surface area contributed by atoms with Crippen molar-refractivity contribution in [2.45, 2.75) is 40.2 Å². The highest BCUT2D eigenvalue weighted by Gasteiger charge is 2.26. The highest BCUT2D eigenvalue weighted by atomic mass is 16.4. The maximum absolute atomic E-state index is 11.9. The van der Waals surface area contributed by atoms with Gasteiger partial charge in [0, 0.05) is 19.0 Å². The Morgan fingerprint density at radius 3 is 2.26 bits per heavy atom. The summed E-state index contributed by atoms with van der Waals surface area (Å²) >= 11 is 0. The molecule has 0 aromatic carbocycles. The average molecular weight is 272 g/mol. The van der Waals surface area contributed by atoms with E-state index >= 15 is 0 Å². The second-order valence-corrected chi connectivity index (χ2v) is 5.01. The minimum atomic E-state index is -0.696. The van der Waals surface area contributed by atoms with Crippen LogP contribution >= 0.6 is 0 Å². The third kappa shape index (κ3) is 6.64. The summed E-state index contributed by atoms with van der Waals surface area (Å²) < 4.78 is 0. The standard InChI is InChI=1S/C12H24N4O3/c1-7(2)10(11(13)16-19)12(18)14-6-5-9(17)15-8(3)4/h7-8,10,19H,5-6H2,1-4H3,(H2,13,16)(H,14,18)(H,15,17). The fraction of sp³-hybridized carbons (Fsp3) is 0.750. The van der Waals surface area contributed by atoms with Crippen LogP contribution in [0.1, 0.15) is 34.1 Å². The van der Waals surface area contributed by atoms with Gasteiger partial charge in [0.2, 0.25) is 11.8 Å². The van der Waals surface area contributed by atoms with Crippen molar-refractivity contribution in [1.82, 2.24) is 10.6 Å². The molecule has 0 aromatic rings. The van der Waals surface area contributed by atoms with E-state index in [1.165, 1.54) is 0 Å². The first kappa shape index (κ1) is 17.2. The van der Waals surface area contributed by atoms with E-state index in [-0.39, 0.29) is 42.6 Å². The highest BCUT2D eigenvalue weighted by Crippen LogP contribution is 2.11. The zero-order valence-corrected chi connectivity index (χ0v) is 11.9. The maximum Gasteiger partial charge on any atom is 0.231 e. The van der Waals surface area contributed by atoms with Crippen molar-refractivity contribution < 1.29 is 14.8 Å². The molecule has 0 heterocycles. The van der Waals surface area contributed by atoms with Gasteiger partial charge in [0.05, 0.1) is 0 Å². The van der Waals surface area contributed by atoms with Crippen molar-refractivity contribution in [3.05, 3.63) is 0 Å². The van der Waals surface area contributed by atoms with Crippen molar-refractivity contribution in [3.8, 4) is 0 Å². The SMILES string of the molecule is CC(C)NC(=O)CCNC(=O)C(C(N)=NO)C(C)C. The van der Waals surface area contributed by atoms with E-state index in [1.807, 2.05) is 13.8 Å². The van der Waals surface area contributed by atoms with E-state index < -0.39 is 5.92 Å². The van der Waals surface area contributed by atoms with Gasteiger partial charge in [-0.15, -0.1) is 0 Å². The molecule has 5 N–H and O–H groups in total. The molecule has 0 spiro atoms. The lowest BCUT2D eigenvalue weighted by atomic mass is 9.94. The largest absolute Gasteiger partial charge is 0.409 e. The Labute approximate surface area is 113 Å². The normalized spacial score (nSPS) is 13.5. The number of nitrogens with two attached hydrogens (primary N) is 1. The van der Waals surface area contributed by atoms with Gasteiger partial charge in [0.15, 0.2) is 5.84 Å². The summed E-state index contributed by atoms with van der Waals surface area (Å²) in [7, 11) is 0. The Balaban J connectivity index is 4.25. The van der Waals surface area contributed by atoms with E-state index in [4.69, 9.17) is 10.9 Å². The molecule has 110 valence electrons. The van der Waals surface area contributed by atoms with E-state index in [9.17, 15) is 9.59 Å². The molecular weight excluding hydrogens is 248 g/mol. The summed E-state index contributed by atoms with van der Waals surface area (Å²) in [6.07, 6.45) is 0.199. The molecule has 0 radical (unpaired) electrons. The summed E-state index contributed by atoms with van der Waals surface area (Å²) in [6, 6.07) is 0.0729. The van der Waals surface area contributed by atoms with E-state index in [0.717, 1.165) is 0 Å². The summed E-state index contributed by atoms with van der Waals surface area (Å²) in [5.41, 5.74) is 5.48.